The largest absolute Gasteiger partial charge is 0.355 e. The molecule has 1 N–H and O–H groups in total. The maximum absolute atomic E-state index is 13.5. The number of amides is 1. The van der Waals surface area contributed by atoms with Crippen molar-refractivity contribution in [2.75, 3.05) is 6.54 Å². The zero-order chi connectivity index (χ0) is 16.2. The van der Waals surface area contributed by atoms with Crippen LogP contribution in [-0.4, -0.2) is 12.5 Å². The molecule has 116 valence electrons. The fraction of sp³-hybridized carbons (Fsp3) is 0.278. The van der Waals surface area contributed by atoms with Gasteiger partial charge in [0.25, 0.3) is 0 Å². The lowest BCUT2D eigenvalue weighted by molar-refractivity contribution is -0.125. The Morgan fingerprint density at radius 1 is 1.05 bits per heavy atom. The Kier molecular flexibility index (Phi) is 4.91. The summed E-state index contributed by atoms with van der Waals surface area (Å²) in [6.45, 7) is 3.90. The number of carbonyl (C=O) groups is 1. The fourth-order valence-electron chi connectivity index (χ4n) is 2.23. The van der Waals surface area contributed by atoms with E-state index in [4.69, 9.17) is 0 Å². The van der Waals surface area contributed by atoms with Crippen molar-refractivity contribution in [1.82, 2.24) is 5.32 Å². The predicted molar refractivity (Wildman–Crippen MR) is 82.5 cm³/mol. The highest BCUT2D eigenvalue weighted by atomic mass is 19.1. The highest BCUT2D eigenvalue weighted by molar-refractivity contribution is 5.87. The number of benzene rings is 2. The molecule has 0 aliphatic rings. The average Bonchev–Trinajstić information content (AvgIpc) is 2.49. The summed E-state index contributed by atoms with van der Waals surface area (Å²) in [7, 11) is 0. The van der Waals surface area contributed by atoms with Crippen LogP contribution in [0, 0.1) is 11.6 Å². The standard InChI is InChI=1S/C18H19F2NO/c1-18(2,14-7-9-15(19)10-8-14)17(22)21-12-11-13-5-3-4-6-16(13)20/h3-10H,11-12H2,1-2H3,(H,21,22). The Labute approximate surface area is 129 Å². The van der Waals surface area contributed by atoms with Gasteiger partial charge in [-0.3, -0.25) is 4.79 Å². The molecule has 0 saturated heterocycles. The lowest BCUT2D eigenvalue weighted by atomic mass is 9.83. The summed E-state index contributed by atoms with van der Waals surface area (Å²) in [6, 6.07) is 12.4. The van der Waals surface area contributed by atoms with Gasteiger partial charge in [-0.05, 0) is 49.6 Å². The third kappa shape index (κ3) is 3.70. The zero-order valence-corrected chi connectivity index (χ0v) is 12.7. The van der Waals surface area contributed by atoms with Gasteiger partial charge < -0.3 is 5.32 Å². The molecule has 0 aliphatic carbocycles. The second kappa shape index (κ2) is 6.69. The summed E-state index contributed by atoms with van der Waals surface area (Å²) in [5, 5.41) is 2.81. The highest BCUT2D eigenvalue weighted by Gasteiger charge is 2.29. The van der Waals surface area contributed by atoms with Crippen molar-refractivity contribution in [3.05, 3.63) is 71.3 Å². The predicted octanol–water partition coefficient (Wildman–Crippen LogP) is 3.60. The first-order chi connectivity index (χ1) is 10.4. The van der Waals surface area contributed by atoms with Gasteiger partial charge in [0.2, 0.25) is 5.91 Å². The molecule has 0 saturated carbocycles. The lowest BCUT2D eigenvalue weighted by Crippen LogP contribution is -2.41. The third-order valence-corrected chi connectivity index (χ3v) is 3.77. The van der Waals surface area contributed by atoms with Crippen molar-refractivity contribution in [1.29, 1.82) is 0 Å². The number of rotatable bonds is 5. The Bertz CT molecular complexity index is 650. The number of hydrogen-bond acceptors (Lipinski definition) is 1. The molecule has 0 spiro atoms. The van der Waals surface area contributed by atoms with E-state index in [9.17, 15) is 13.6 Å². The molecule has 0 atom stereocenters. The fourth-order valence-corrected chi connectivity index (χ4v) is 2.23. The van der Waals surface area contributed by atoms with E-state index in [2.05, 4.69) is 5.32 Å². The molecular weight excluding hydrogens is 284 g/mol. The first-order valence-electron chi connectivity index (χ1n) is 7.19. The molecule has 4 heteroatoms. The summed E-state index contributed by atoms with van der Waals surface area (Å²) in [5.74, 6) is -0.774. The number of halogens is 2. The van der Waals surface area contributed by atoms with Crippen molar-refractivity contribution in [3.8, 4) is 0 Å². The molecule has 0 radical (unpaired) electrons. The monoisotopic (exact) mass is 303 g/mol. The minimum absolute atomic E-state index is 0.171. The van der Waals surface area contributed by atoms with E-state index >= 15 is 0 Å². The summed E-state index contributed by atoms with van der Waals surface area (Å²) < 4.78 is 26.5. The maximum atomic E-state index is 13.5. The van der Waals surface area contributed by atoms with Gasteiger partial charge in [0.15, 0.2) is 0 Å². The minimum atomic E-state index is -0.775. The van der Waals surface area contributed by atoms with Gasteiger partial charge in [0.1, 0.15) is 11.6 Å². The molecule has 2 rings (SSSR count). The summed E-state index contributed by atoms with van der Waals surface area (Å²) >= 11 is 0. The Balaban J connectivity index is 1.96. The molecule has 0 aliphatic heterocycles. The van der Waals surface area contributed by atoms with Crippen LogP contribution in [0.2, 0.25) is 0 Å². The molecule has 2 aromatic carbocycles. The van der Waals surface area contributed by atoms with Crippen LogP contribution < -0.4 is 5.32 Å². The van der Waals surface area contributed by atoms with Crippen molar-refractivity contribution in [2.45, 2.75) is 25.7 Å². The molecule has 0 bridgehead atoms. The van der Waals surface area contributed by atoms with Crippen LogP contribution >= 0.6 is 0 Å². The van der Waals surface area contributed by atoms with E-state index in [1.54, 1.807) is 44.2 Å². The first kappa shape index (κ1) is 16.1. The second-order valence-electron chi connectivity index (χ2n) is 5.73. The van der Waals surface area contributed by atoms with Crippen LogP contribution in [0.25, 0.3) is 0 Å². The lowest BCUT2D eigenvalue weighted by Gasteiger charge is -2.24. The van der Waals surface area contributed by atoms with Crippen LogP contribution in [0.5, 0.6) is 0 Å². The summed E-state index contributed by atoms with van der Waals surface area (Å²) in [5.41, 5.74) is 0.530. The summed E-state index contributed by atoms with van der Waals surface area (Å²) in [4.78, 5) is 12.3. The van der Waals surface area contributed by atoms with E-state index in [0.717, 1.165) is 5.56 Å². The van der Waals surface area contributed by atoms with Gasteiger partial charge in [-0.1, -0.05) is 30.3 Å². The van der Waals surface area contributed by atoms with Gasteiger partial charge in [0, 0.05) is 6.54 Å². The Morgan fingerprint density at radius 2 is 1.68 bits per heavy atom. The SMILES string of the molecule is CC(C)(C(=O)NCCc1ccccc1F)c1ccc(F)cc1. The number of carbonyl (C=O) groups excluding carboxylic acids is 1. The molecule has 2 nitrogen and oxygen atoms in total. The highest BCUT2D eigenvalue weighted by Crippen LogP contribution is 2.23. The third-order valence-electron chi connectivity index (χ3n) is 3.77. The van der Waals surface area contributed by atoms with Gasteiger partial charge in [0.05, 0.1) is 5.41 Å². The van der Waals surface area contributed by atoms with E-state index in [1.807, 2.05) is 0 Å². The quantitative estimate of drug-likeness (QED) is 0.898. The van der Waals surface area contributed by atoms with Gasteiger partial charge in [-0.2, -0.15) is 0 Å². The van der Waals surface area contributed by atoms with E-state index < -0.39 is 5.41 Å². The molecule has 0 unspecified atom stereocenters. The van der Waals surface area contributed by atoms with Crippen LogP contribution in [0.4, 0.5) is 8.78 Å². The number of hydrogen-bond donors (Lipinski definition) is 1. The second-order valence-corrected chi connectivity index (χ2v) is 5.73. The smallest absolute Gasteiger partial charge is 0.230 e. The van der Waals surface area contributed by atoms with Crippen molar-refractivity contribution >= 4 is 5.91 Å². The van der Waals surface area contributed by atoms with E-state index in [1.165, 1.54) is 18.2 Å². The molecule has 22 heavy (non-hydrogen) atoms. The average molecular weight is 303 g/mol. The van der Waals surface area contributed by atoms with Gasteiger partial charge >= 0.3 is 0 Å². The van der Waals surface area contributed by atoms with Crippen LogP contribution in [0.15, 0.2) is 48.5 Å². The number of nitrogens with one attached hydrogen (secondary N) is 1. The molecule has 1 amide bonds. The van der Waals surface area contributed by atoms with Crippen LogP contribution in [-0.2, 0) is 16.6 Å². The Morgan fingerprint density at radius 3 is 2.32 bits per heavy atom. The van der Waals surface area contributed by atoms with Crippen LogP contribution in [0.3, 0.4) is 0 Å². The zero-order valence-electron chi connectivity index (χ0n) is 12.7. The topological polar surface area (TPSA) is 29.1 Å². The molecule has 0 aromatic heterocycles. The van der Waals surface area contributed by atoms with Crippen LogP contribution in [0.1, 0.15) is 25.0 Å². The summed E-state index contributed by atoms with van der Waals surface area (Å²) in [6.07, 6.45) is 0.428. The normalized spacial score (nSPS) is 11.3. The first-order valence-corrected chi connectivity index (χ1v) is 7.19. The van der Waals surface area contributed by atoms with Gasteiger partial charge in [-0.25, -0.2) is 8.78 Å². The minimum Gasteiger partial charge on any atom is -0.355 e. The maximum Gasteiger partial charge on any atom is 0.230 e. The molecular formula is C18H19F2NO. The van der Waals surface area contributed by atoms with Crippen molar-refractivity contribution in [3.63, 3.8) is 0 Å². The molecule has 0 fully saturated rings. The van der Waals surface area contributed by atoms with Crippen molar-refractivity contribution < 1.29 is 13.6 Å². The van der Waals surface area contributed by atoms with E-state index in [0.29, 0.717) is 18.5 Å². The van der Waals surface area contributed by atoms with E-state index in [-0.39, 0.29) is 17.5 Å². The molecule has 0 heterocycles. The Hall–Kier alpha value is -2.23. The van der Waals surface area contributed by atoms with Gasteiger partial charge in [-0.15, -0.1) is 0 Å². The molecule has 2 aromatic rings. The van der Waals surface area contributed by atoms with Crippen molar-refractivity contribution in [2.24, 2.45) is 0 Å².